The van der Waals surface area contributed by atoms with Crippen molar-refractivity contribution in [3.63, 3.8) is 0 Å². The highest BCUT2D eigenvalue weighted by atomic mass is 19.4. The summed E-state index contributed by atoms with van der Waals surface area (Å²) in [5.41, 5.74) is 4.20. The van der Waals surface area contributed by atoms with Crippen molar-refractivity contribution >= 4 is 11.9 Å². The molecule has 0 N–H and O–H groups in total. The number of carbonyl (C=O) groups is 2. The Morgan fingerprint density at radius 1 is 1.00 bits per heavy atom. The third-order valence-corrected chi connectivity index (χ3v) is 10.9. The van der Waals surface area contributed by atoms with E-state index in [9.17, 15) is 28.0 Å². The molecule has 1 unspecified atom stereocenters. The number of esters is 2. The molecule has 0 spiro atoms. The Bertz CT molecular complexity index is 2000. The molecule has 4 heterocycles. The van der Waals surface area contributed by atoms with Crippen LogP contribution in [0.4, 0.5) is 13.2 Å². The second kappa shape index (κ2) is 14.7. The lowest BCUT2D eigenvalue weighted by molar-refractivity contribution is -0.189. The summed E-state index contributed by atoms with van der Waals surface area (Å²) in [5, 5.41) is 10.9. The number of hydrogen-bond acceptors (Lipinski definition) is 12. The van der Waals surface area contributed by atoms with Crippen LogP contribution in [0, 0.1) is 25.2 Å². The van der Waals surface area contributed by atoms with Crippen LogP contribution in [-0.2, 0) is 38.3 Å². The highest BCUT2D eigenvalue weighted by molar-refractivity contribution is 5.80. The van der Waals surface area contributed by atoms with Crippen LogP contribution in [0.25, 0.3) is 0 Å². The monoisotopic (exact) mass is 751 g/mol. The van der Waals surface area contributed by atoms with Crippen LogP contribution in [0.15, 0.2) is 36.4 Å². The first kappa shape index (κ1) is 37.3. The number of benzene rings is 3. The number of rotatable bonds is 10. The van der Waals surface area contributed by atoms with Gasteiger partial charge in [0.1, 0.15) is 18.4 Å². The third kappa shape index (κ3) is 6.35. The molecule has 7 rings (SSSR count). The molecule has 12 nitrogen and oxygen atoms in total. The Labute approximate surface area is 310 Å². The SMILES string of the molecule is COCOc1c(OC)c(C)cc2c1[C@@H]1C3Cc4c(OC(=O)C(F)(F)F)c(C)c5c(c4[C@H](COC(=O)CCc4ccccc4)N3[C@@H](C#N)[C@H](C2)N1C)OCO5. The molecule has 0 radical (unpaired) electrons. The molecule has 0 aliphatic carbocycles. The molecule has 4 aliphatic rings. The van der Waals surface area contributed by atoms with Crippen molar-refractivity contribution in [2.24, 2.45) is 0 Å². The van der Waals surface area contributed by atoms with Gasteiger partial charge < -0.3 is 33.2 Å². The highest BCUT2D eigenvalue weighted by Gasteiger charge is 2.57. The number of carbonyl (C=O) groups excluding carboxylic acids is 2. The zero-order chi connectivity index (χ0) is 38.5. The summed E-state index contributed by atoms with van der Waals surface area (Å²) < 4.78 is 81.5. The Hall–Kier alpha value is -5.04. The smallest absolute Gasteiger partial charge is 0.491 e. The first-order valence-electron chi connectivity index (χ1n) is 17.5. The van der Waals surface area contributed by atoms with Crippen molar-refractivity contribution in [3.8, 4) is 34.8 Å². The van der Waals surface area contributed by atoms with Gasteiger partial charge in [-0.3, -0.25) is 14.6 Å². The molecule has 0 aromatic heterocycles. The summed E-state index contributed by atoms with van der Waals surface area (Å²) in [5.74, 6) is -1.93. The lowest BCUT2D eigenvalue weighted by Crippen LogP contribution is -2.68. The van der Waals surface area contributed by atoms with Gasteiger partial charge in [0.25, 0.3) is 0 Å². The van der Waals surface area contributed by atoms with E-state index in [1.54, 1.807) is 0 Å². The van der Waals surface area contributed by atoms with Crippen LogP contribution in [0.1, 0.15) is 57.4 Å². The first-order chi connectivity index (χ1) is 25.9. The van der Waals surface area contributed by atoms with Crippen molar-refractivity contribution in [2.45, 2.75) is 75.9 Å². The van der Waals surface area contributed by atoms with Crippen LogP contribution >= 0.6 is 0 Å². The molecule has 2 bridgehead atoms. The molecule has 4 aliphatic heterocycles. The Balaban J connectivity index is 1.40. The maximum Gasteiger partial charge on any atom is 0.491 e. The van der Waals surface area contributed by atoms with E-state index in [0.29, 0.717) is 29.9 Å². The molecular formula is C39H40F3N3O9. The van der Waals surface area contributed by atoms with Crippen LogP contribution in [0.3, 0.4) is 0 Å². The minimum atomic E-state index is -5.29. The van der Waals surface area contributed by atoms with Crippen LogP contribution in [0.5, 0.6) is 28.7 Å². The van der Waals surface area contributed by atoms with E-state index in [0.717, 1.165) is 22.3 Å². The quantitative estimate of drug-likeness (QED) is 0.149. The Kier molecular flexibility index (Phi) is 10.1. The fourth-order valence-corrected chi connectivity index (χ4v) is 8.65. The minimum Gasteiger partial charge on any atom is -0.493 e. The number of likely N-dealkylation sites (N-methyl/N-ethyl adjacent to an activating group) is 1. The number of ether oxygens (including phenoxy) is 7. The third-order valence-electron chi connectivity index (χ3n) is 10.9. The van der Waals surface area contributed by atoms with E-state index in [-0.39, 0.29) is 67.5 Å². The molecule has 3 aromatic rings. The van der Waals surface area contributed by atoms with E-state index in [1.807, 2.05) is 55.3 Å². The van der Waals surface area contributed by atoms with Crippen molar-refractivity contribution in [1.29, 1.82) is 5.26 Å². The normalized spacial score (nSPS) is 22.7. The largest absolute Gasteiger partial charge is 0.493 e. The zero-order valence-corrected chi connectivity index (χ0v) is 30.5. The van der Waals surface area contributed by atoms with E-state index in [2.05, 4.69) is 11.0 Å². The number of aryl methyl sites for hydroxylation is 2. The second-order valence-electron chi connectivity index (χ2n) is 13.8. The number of methoxy groups -OCH3 is 2. The molecular weight excluding hydrogens is 711 g/mol. The van der Waals surface area contributed by atoms with E-state index in [4.69, 9.17) is 33.2 Å². The number of nitriles is 1. The fraction of sp³-hybridized carbons (Fsp3) is 0.462. The summed E-state index contributed by atoms with van der Waals surface area (Å²) in [4.78, 5) is 29.9. The summed E-state index contributed by atoms with van der Waals surface area (Å²) in [6.07, 6.45) is -4.33. The first-order valence-corrected chi connectivity index (χ1v) is 17.5. The molecule has 5 atom stereocenters. The van der Waals surface area contributed by atoms with Gasteiger partial charge in [-0.25, -0.2) is 4.79 Å². The second-order valence-corrected chi connectivity index (χ2v) is 13.8. The van der Waals surface area contributed by atoms with Gasteiger partial charge in [0, 0.05) is 47.9 Å². The average molecular weight is 752 g/mol. The predicted octanol–water partition coefficient (Wildman–Crippen LogP) is 5.44. The van der Waals surface area contributed by atoms with E-state index < -0.39 is 42.3 Å². The zero-order valence-electron chi connectivity index (χ0n) is 30.5. The summed E-state index contributed by atoms with van der Waals surface area (Å²) in [6, 6.07) is 10.7. The average Bonchev–Trinajstić information content (AvgIpc) is 3.64. The van der Waals surface area contributed by atoms with Gasteiger partial charge in [-0.2, -0.15) is 18.4 Å². The van der Waals surface area contributed by atoms with Gasteiger partial charge in [0.15, 0.2) is 29.8 Å². The van der Waals surface area contributed by atoms with Gasteiger partial charge in [0.05, 0.1) is 25.3 Å². The molecule has 0 amide bonds. The summed E-state index contributed by atoms with van der Waals surface area (Å²) in [7, 11) is 4.93. The maximum atomic E-state index is 13.8. The van der Waals surface area contributed by atoms with E-state index >= 15 is 0 Å². The van der Waals surface area contributed by atoms with Crippen LogP contribution < -0.4 is 23.7 Å². The maximum absolute atomic E-state index is 13.8. The van der Waals surface area contributed by atoms with E-state index in [1.165, 1.54) is 21.1 Å². The number of alkyl halides is 3. The number of nitrogens with zero attached hydrogens (tertiary/aromatic N) is 3. The van der Waals surface area contributed by atoms with Gasteiger partial charge >= 0.3 is 18.1 Å². The van der Waals surface area contributed by atoms with Crippen molar-refractivity contribution in [3.05, 3.63) is 75.3 Å². The standard InChI is InChI=1S/C39H40F3N3O9/c1-20-13-23-14-25-27(16-43)45-26(32(44(25)3)30(23)36(33(20)49-5)51-18-48-4)15-24-31(28(45)17-50-29(46)12-11-22-9-7-6-8-10-22)37-35(52-19-53-37)21(2)34(24)54-38(47)39(40,41)42/h6-10,13,25-28,32H,11-12,14-15,17-19H2,1-5H3/t25-,26?,27-,28-,32-/m0/s1. The van der Waals surface area contributed by atoms with Crippen molar-refractivity contribution in [2.75, 3.05) is 41.5 Å². The number of halogens is 3. The summed E-state index contributed by atoms with van der Waals surface area (Å²) in [6.45, 7) is 2.79. The molecule has 15 heteroatoms. The van der Waals surface area contributed by atoms with Gasteiger partial charge in [0.2, 0.25) is 6.79 Å². The number of fused-ring (bicyclic) bond motifs is 9. The van der Waals surface area contributed by atoms with Crippen molar-refractivity contribution in [1.82, 2.24) is 9.80 Å². The molecule has 286 valence electrons. The Morgan fingerprint density at radius 2 is 1.74 bits per heavy atom. The highest BCUT2D eigenvalue weighted by Crippen LogP contribution is 2.58. The lowest BCUT2D eigenvalue weighted by atomic mass is 9.71. The predicted molar refractivity (Wildman–Crippen MR) is 184 cm³/mol. The van der Waals surface area contributed by atoms with Crippen molar-refractivity contribution < 1.29 is 55.9 Å². The van der Waals surface area contributed by atoms with Crippen LogP contribution in [0.2, 0.25) is 0 Å². The molecule has 1 saturated heterocycles. The minimum absolute atomic E-state index is 0.0188. The van der Waals surface area contributed by atoms with Crippen LogP contribution in [-0.4, -0.2) is 87.5 Å². The van der Waals surface area contributed by atoms with Gasteiger partial charge in [-0.05, 0) is 56.8 Å². The summed E-state index contributed by atoms with van der Waals surface area (Å²) >= 11 is 0. The molecule has 3 aromatic carbocycles. The van der Waals surface area contributed by atoms with Gasteiger partial charge in [-0.15, -0.1) is 0 Å². The molecule has 54 heavy (non-hydrogen) atoms. The number of hydrogen-bond donors (Lipinski definition) is 0. The lowest BCUT2D eigenvalue weighted by Gasteiger charge is -2.59. The molecule has 1 fully saturated rings. The molecule has 0 saturated carbocycles. The number of piperazine rings is 1. The van der Waals surface area contributed by atoms with Gasteiger partial charge in [-0.1, -0.05) is 36.4 Å². The topological polar surface area (TPSA) is 129 Å². The Morgan fingerprint density at radius 3 is 2.43 bits per heavy atom. The fourth-order valence-electron chi connectivity index (χ4n) is 8.65.